The van der Waals surface area contributed by atoms with E-state index < -0.39 is 73.1 Å². The molecule has 0 saturated carbocycles. The van der Waals surface area contributed by atoms with Gasteiger partial charge < -0.3 is 33.3 Å². The molecule has 0 aromatic heterocycles. The highest BCUT2D eigenvalue weighted by Gasteiger charge is 2.58. The second-order valence-electron chi connectivity index (χ2n) is 10.4. The van der Waals surface area contributed by atoms with Crippen molar-refractivity contribution in [2.24, 2.45) is 5.10 Å². The maximum Gasteiger partial charge on any atom is 0.305 e. The van der Waals surface area contributed by atoms with Gasteiger partial charge in [-0.05, 0) is 42.0 Å². The minimum absolute atomic E-state index is 0.0911. The van der Waals surface area contributed by atoms with E-state index >= 15 is 0 Å². The van der Waals surface area contributed by atoms with E-state index in [1.807, 2.05) is 0 Å². The number of ketones is 1. The molecule has 1 unspecified atom stereocenters. The van der Waals surface area contributed by atoms with Gasteiger partial charge in [0.2, 0.25) is 6.29 Å². The zero-order valence-electron chi connectivity index (χ0n) is 26.0. The predicted molar refractivity (Wildman–Crippen MR) is 164 cm³/mol. The molecule has 0 amide bonds. The van der Waals surface area contributed by atoms with Crippen molar-refractivity contribution in [1.29, 1.82) is 0 Å². The molecule has 246 valence electrons. The zero-order chi connectivity index (χ0) is 33.7. The minimum Gasteiger partial charge on any atom is -0.497 e. The quantitative estimate of drug-likeness (QED) is 0.262. The summed E-state index contributed by atoms with van der Waals surface area (Å²) in [5, 5.41) is 6.29. The van der Waals surface area contributed by atoms with Gasteiger partial charge in [0.05, 0.1) is 12.8 Å². The highest BCUT2D eigenvalue weighted by molar-refractivity contribution is 9.10. The summed E-state index contributed by atoms with van der Waals surface area (Å²) in [4.78, 5) is 64.0. The Labute approximate surface area is 273 Å². The highest BCUT2D eigenvalue weighted by atomic mass is 79.9. The van der Waals surface area contributed by atoms with Crippen molar-refractivity contribution in [2.45, 2.75) is 71.4 Å². The molecule has 0 spiro atoms. The molecule has 1 saturated heterocycles. The number of carbonyl (C=O) groups excluding carboxylic acids is 5. The van der Waals surface area contributed by atoms with Crippen molar-refractivity contribution in [1.82, 2.24) is 4.90 Å². The van der Waals surface area contributed by atoms with Gasteiger partial charge in [-0.1, -0.05) is 28.1 Å². The monoisotopic (exact) mass is 703 g/mol. The van der Waals surface area contributed by atoms with Crippen LogP contribution in [0.25, 0.3) is 0 Å². The number of hydrazone groups is 1. The fourth-order valence-corrected chi connectivity index (χ4v) is 5.57. The van der Waals surface area contributed by atoms with E-state index in [-0.39, 0.29) is 5.84 Å². The van der Waals surface area contributed by atoms with Crippen LogP contribution >= 0.6 is 15.9 Å². The van der Waals surface area contributed by atoms with E-state index in [0.29, 0.717) is 17.0 Å². The van der Waals surface area contributed by atoms with E-state index in [9.17, 15) is 24.0 Å². The van der Waals surface area contributed by atoms with Crippen molar-refractivity contribution in [2.75, 3.05) is 18.7 Å². The van der Waals surface area contributed by atoms with Crippen LogP contribution in [0.4, 0.5) is 5.69 Å². The lowest BCUT2D eigenvalue weighted by Gasteiger charge is -2.49. The van der Waals surface area contributed by atoms with Crippen LogP contribution in [0, 0.1) is 0 Å². The molecule has 6 atom stereocenters. The average molecular weight is 705 g/mol. The highest BCUT2D eigenvalue weighted by Crippen LogP contribution is 2.42. The molecule has 1 fully saturated rings. The SMILES string of the molecule is COc1ccc(C2N(c3ccc(Br)cc3)N=C(C(C)=O)N2[C@H]2[C@H](OC(C)=O)O[C@H](COC(C)=O)[C@@H](OC(C)=O)[C@@H]2OC(C)=O)cc1. The summed E-state index contributed by atoms with van der Waals surface area (Å²) in [6.45, 7) is 5.50. The molecule has 0 N–H and O–H groups in total. The Bertz CT molecular complexity index is 1500. The van der Waals surface area contributed by atoms with Crippen LogP contribution in [0.5, 0.6) is 5.75 Å². The molecule has 2 aromatic rings. The van der Waals surface area contributed by atoms with E-state index in [1.54, 1.807) is 53.5 Å². The van der Waals surface area contributed by atoms with Gasteiger partial charge in [-0.3, -0.25) is 24.0 Å². The number of halogens is 1. The van der Waals surface area contributed by atoms with Gasteiger partial charge in [0.25, 0.3) is 0 Å². The van der Waals surface area contributed by atoms with Crippen LogP contribution in [-0.2, 0) is 47.7 Å². The van der Waals surface area contributed by atoms with Crippen LogP contribution in [-0.4, -0.2) is 84.8 Å². The van der Waals surface area contributed by atoms with Gasteiger partial charge in [-0.2, -0.15) is 0 Å². The Morgan fingerprint density at radius 2 is 1.39 bits per heavy atom. The molecule has 2 aliphatic heterocycles. The molecule has 0 radical (unpaired) electrons. The lowest BCUT2D eigenvalue weighted by atomic mass is 9.93. The lowest BCUT2D eigenvalue weighted by Crippen LogP contribution is -2.68. The Balaban J connectivity index is 1.97. The summed E-state index contributed by atoms with van der Waals surface area (Å²) in [5.41, 5.74) is 1.19. The third-order valence-electron chi connectivity index (χ3n) is 7.04. The Kier molecular flexibility index (Phi) is 11.0. The van der Waals surface area contributed by atoms with Crippen LogP contribution in [0.1, 0.15) is 46.3 Å². The van der Waals surface area contributed by atoms with Gasteiger partial charge in [0, 0.05) is 39.1 Å². The number of Topliss-reactive ketones (excluding diaryl/α,β-unsaturated/α-hetero) is 1. The topological polar surface area (TPSA) is 160 Å². The molecule has 2 heterocycles. The summed E-state index contributed by atoms with van der Waals surface area (Å²) in [6.07, 6.45) is -6.48. The zero-order valence-corrected chi connectivity index (χ0v) is 27.6. The first-order valence-electron chi connectivity index (χ1n) is 14.2. The minimum atomic E-state index is -1.54. The molecule has 0 aliphatic carbocycles. The Morgan fingerprint density at radius 3 is 1.91 bits per heavy atom. The molecular weight excluding hydrogens is 670 g/mol. The van der Waals surface area contributed by atoms with Crippen molar-refractivity contribution in [3.05, 3.63) is 58.6 Å². The largest absolute Gasteiger partial charge is 0.497 e. The van der Waals surface area contributed by atoms with Gasteiger partial charge >= 0.3 is 23.9 Å². The van der Waals surface area contributed by atoms with Gasteiger partial charge in [0.1, 0.15) is 24.5 Å². The number of esters is 4. The first-order valence-corrected chi connectivity index (χ1v) is 15.0. The number of carbonyl (C=O) groups is 5. The first-order chi connectivity index (χ1) is 21.8. The third kappa shape index (κ3) is 7.83. The van der Waals surface area contributed by atoms with Crippen LogP contribution in [0.3, 0.4) is 0 Å². The number of anilines is 1. The second kappa shape index (κ2) is 14.7. The average Bonchev–Trinajstić information content (AvgIpc) is 3.37. The maximum atomic E-state index is 13.3. The number of hydrogen-bond acceptors (Lipinski definition) is 14. The molecule has 4 rings (SSSR count). The third-order valence-corrected chi connectivity index (χ3v) is 7.56. The normalized spacial score (nSPS) is 24.0. The van der Waals surface area contributed by atoms with Crippen LogP contribution in [0.15, 0.2) is 58.1 Å². The molecule has 2 aromatic carbocycles. The van der Waals surface area contributed by atoms with Crippen molar-refractivity contribution in [3.8, 4) is 5.75 Å². The van der Waals surface area contributed by atoms with Crippen LogP contribution in [0.2, 0.25) is 0 Å². The maximum absolute atomic E-state index is 13.3. The number of hydrogen-bond donors (Lipinski definition) is 0. The van der Waals surface area contributed by atoms with Gasteiger partial charge in [0.15, 0.2) is 30.0 Å². The van der Waals surface area contributed by atoms with E-state index in [4.69, 9.17) is 33.5 Å². The predicted octanol–water partition coefficient (Wildman–Crippen LogP) is 3.26. The summed E-state index contributed by atoms with van der Waals surface area (Å²) < 4.78 is 34.5. The van der Waals surface area contributed by atoms with Crippen molar-refractivity contribution in [3.63, 3.8) is 0 Å². The van der Waals surface area contributed by atoms with E-state index in [2.05, 4.69) is 15.9 Å². The fourth-order valence-electron chi connectivity index (χ4n) is 5.31. The number of nitrogens with zero attached hydrogens (tertiary/aromatic N) is 3. The summed E-state index contributed by atoms with van der Waals surface area (Å²) in [7, 11) is 1.52. The van der Waals surface area contributed by atoms with E-state index in [0.717, 1.165) is 25.2 Å². The van der Waals surface area contributed by atoms with Gasteiger partial charge in [-0.15, -0.1) is 5.10 Å². The molecule has 14 nitrogen and oxygen atoms in total. The molecular formula is C31H34BrN3O11. The number of rotatable bonds is 10. The number of benzene rings is 2. The van der Waals surface area contributed by atoms with Crippen molar-refractivity contribution >= 4 is 57.1 Å². The smallest absolute Gasteiger partial charge is 0.305 e. The number of amidine groups is 1. The lowest BCUT2D eigenvalue weighted by molar-refractivity contribution is -0.282. The molecule has 15 heteroatoms. The summed E-state index contributed by atoms with van der Waals surface area (Å²) in [6, 6.07) is 12.8. The van der Waals surface area contributed by atoms with Gasteiger partial charge in [-0.25, -0.2) is 5.01 Å². The second-order valence-corrected chi connectivity index (χ2v) is 11.4. The standard InChI is InChI=1S/C31H34BrN3O11/c1-16(36)29-33-35(23-11-9-22(32)10-12-23)30(21-7-13-24(41-6)14-8-21)34(29)26-28(44-19(4)39)27(43-18(3)38)25(15-42-17(2)37)46-31(26)45-20(5)40/h7-14,25-28,30-31H,15H2,1-6H3/t25-,26-,27-,28-,30?,31-/m1/s1. The molecule has 2 aliphatic rings. The van der Waals surface area contributed by atoms with Crippen molar-refractivity contribution < 1.29 is 52.4 Å². The number of ether oxygens (including phenoxy) is 6. The number of methoxy groups -OCH3 is 1. The summed E-state index contributed by atoms with van der Waals surface area (Å²) >= 11 is 3.44. The first kappa shape index (κ1) is 34.4. The van der Waals surface area contributed by atoms with E-state index in [1.165, 1.54) is 25.9 Å². The Morgan fingerprint density at radius 1 is 0.804 bits per heavy atom. The molecule has 46 heavy (non-hydrogen) atoms. The summed E-state index contributed by atoms with van der Waals surface area (Å²) in [5.74, 6) is -2.95. The molecule has 0 bridgehead atoms. The Hall–Kier alpha value is -4.50. The fraction of sp³-hybridized carbons (Fsp3) is 0.419. The van der Waals surface area contributed by atoms with Crippen LogP contribution < -0.4 is 9.75 Å².